The van der Waals surface area contributed by atoms with Crippen LogP contribution < -0.4 is 0 Å². The average molecular weight is 329 g/mol. The average Bonchev–Trinajstić information content (AvgIpc) is 3.17. The van der Waals surface area contributed by atoms with Gasteiger partial charge in [-0.1, -0.05) is 19.3 Å². The Morgan fingerprint density at radius 3 is 1.62 bits per heavy atom. The van der Waals surface area contributed by atoms with Gasteiger partial charge in [-0.3, -0.25) is 0 Å². The van der Waals surface area contributed by atoms with E-state index in [2.05, 4.69) is 72.2 Å². The molecule has 2 heterocycles. The van der Waals surface area contributed by atoms with Crippen LogP contribution in [0.2, 0.25) is 0 Å². The standard InChI is InChI=1S/C20H32N4/c1-23(2)14-16-8-10-18(21-16)20(12-6-5-7-13-20)19-11-9-17(22-19)15-24(3)4/h8-11,21-22H,5-7,12-15H2,1-4H3. The maximum absolute atomic E-state index is 3.73. The maximum atomic E-state index is 3.73. The number of nitrogens with zero attached hydrogens (tertiary/aromatic N) is 2. The van der Waals surface area contributed by atoms with E-state index < -0.39 is 0 Å². The van der Waals surface area contributed by atoms with Crippen molar-refractivity contribution in [2.24, 2.45) is 0 Å². The largest absolute Gasteiger partial charge is 0.360 e. The molecule has 2 aromatic heterocycles. The van der Waals surface area contributed by atoms with E-state index >= 15 is 0 Å². The molecule has 132 valence electrons. The molecule has 1 aliphatic rings. The van der Waals surface area contributed by atoms with Gasteiger partial charge >= 0.3 is 0 Å². The third kappa shape index (κ3) is 3.60. The Morgan fingerprint density at radius 2 is 1.21 bits per heavy atom. The molecule has 1 saturated carbocycles. The third-order valence-corrected chi connectivity index (χ3v) is 5.20. The summed E-state index contributed by atoms with van der Waals surface area (Å²) in [7, 11) is 8.48. The molecule has 0 aromatic carbocycles. The lowest BCUT2D eigenvalue weighted by Gasteiger charge is -2.36. The fourth-order valence-corrected chi connectivity index (χ4v) is 4.14. The highest BCUT2D eigenvalue weighted by atomic mass is 15.1. The molecule has 0 aliphatic heterocycles. The minimum atomic E-state index is 0.132. The maximum Gasteiger partial charge on any atom is 0.0503 e. The van der Waals surface area contributed by atoms with Crippen LogP contribution in [0.1, 0.15) is 54.9 Å². The van der Waals surface area contributed by atoms with Crippen LogP contribution in [0, 0.1) is 0 Å². The number of hydrogen-bond donors (Lipinski definition) is 2. The summed E-state index contributed by atoms with van der Waals surface area (Å²) in [6.07, 6.45) is 6.44. The third-order valence-electron chi connectivity index (χ3n) is 5.20. The monoisotopic (exact) mass is 328 g/mol. The molecule has 2 N–H and O–H groups in total. The van der Waals surface area contributed by atoms with Crippen LogP contribution in [0.25, 0.3) is 0 Å². The van der Waals surface area contributed by atoms with E-state index in [1.54, 1.807) is 0 Å². The Morgan fingerprint density at radius 1 is 0.750 bits per heavy atom. The molecule has 2 aromatic rings. The molecule has 0 unspecified atom stereocenters. The van der Waals surface area contributed by atoms with Gasteiger partial charge < -0.3 is 19.8 Å². The summed E-state index contributed by atoms with van der Waals surface area (Å²) in [6.45, 7) is 1.93. The van der Waals surface area contributed by atoms with E-state index in [0.717, 1.165) is 13.1 Å². The van der Waals surface area contributed by atoms with Crippen LogP contribution in [-0.2, 0) is 18.5 Å². The van der Waals surface area contributed by atoms with Crippen molar-refractivity contribution in [3.8, 4) is 0 Å². The summed E-state index contributed by atoms with van der Waals surface area (Å²) in [5, 5.41) is 0. The number of nitrogens with one attached hydrogen (secondary N) is 2. The molecule has 0 atom stereocenters. The molecular formula is C20H32N4. The number of H-pyrrole nitrogens is 2. The number of rotatable bonds is 6. The summed E-state index contributed by atoms with van der Waals surface area (Å²) >= 11 is 0. The van der Waals surface area contributed by atoms with Crippen molar-refractivity contribution in [3.05, 3.63) is 47.0 Å². The Labute approximate surface area is 146 Å². The lowest BCUT2D eigenvalue weighted by Crippen LogP contribution is -2.31. The Hall–Kier alpha value is -1.52. The minimum absolute atomic E-state index is 0.132. The lowest BCUT2D eigenvalue weighted by molar-refractivity contribution is 0.330. The smallest absolute Gasteiger partial charge is 0.0503 e. The van der Waals surface area contributed by atoms with Gasteiger partial charge in [-0.2, -0.15) is 0 Å². The topological polar surface area (TPSA) is 38.1 Å². The summed E-state index contributed by atoms with van der Waals surface area (Å²) in [6, 6.07) is 9.15. The molecule has 0 bridgehead atoms. The second kappa shape index (κ2) is 7.16. The van der Waals surface area contributed by atoms with Gasteiger partial charge in [-0.05, 0) is 65.3 Å². The Bertz CT molecular complexity index is 594. The molecule has 1 fully saturated rings. The van der Waals surface area contributed by atoms with E-state index in [0.29, 0.717) is 0 Å². The lowest BCUT2D eigenvalue weighted by atomic mass is 9.69. The highest BCUT2D eigenvalue weighted by molar-refractivity contribution is 5.35. The first-order valence-electron chi connectivity index (χ1n) is 9.16. The van der Waals surface area contributed by atoms with E-state index in [-0.39, 0.29) is 5.41 Å². The summed E-state index contributed by atoms with van der Waals surface area (Å²) in [5.74, 6) is 0. The van der Waals surface area contributed by atoms with Crippen molar-refractivity contribution < 1.29 is 0 Å². The summed E-state index contributed by atoms with van der Waals surface area (Å²) < 4.78 is 0. The minimum Gasteiger partial charge on any atom is -0.360 e. The van der Waals surface area contributed by atoms with E-state index in [4.69, 9.17) is 0 Å². The van der Waals surface area contributed by atoms with Gasteiger partial charge in [0.2, 0.25) is 0 Å². The van der Waals surface area contributed by atoms with Gasteiger partial charge in [0.25, 0.3) is 0 Å². The molecule has 3 rings (SSSR count). The molecule has 0 radical (unpaired) electrons. The molecule has 24 heavy (non-hydrogen) atoms. The zero-order valence-corrected chi connectivity index (χ0v) is 15.7. The number of hydrogen-bond acceptors (Lipinski definition) is 2. The van der Waals surface area contributed by atoms with Crippen LogP contribution >= 0.6 is 0 Å². The predicted molar refractivity (Wildman–Crippen MR) is 100 cm³/mol. The molecule has 4 heteroatoms. The molecular weight excluding hydrogens is 296 g/mol. The zero-order chi connectivity index (χ0) is 17.2. The number of aromatic amines is 2. The van der Waals surface area contributed by atoms with Crippen molar-refractivity contribution in [2.75, 3.05) is 28.2 Å². The zero-order valence-electron chi connectivity index (χ0n) is 15.7. The van der Waals surface area contributed by atoms with Gasteiger partial charge in [0, 0.05) is 35.9 Å². The SMILES string of the molecule is CN(C)Cc1ccc(C2(c3ccc(CN(C)C)[nH]3)CCCCC2)[nH]1. The predicted octanol–water partition coefficient (Wildman–Crippen LogP) is 3.72. The van der Waals surface area contributed by atoms with E-state index in [1.807, 2.05) is 0 Å². The van der Waals surface area contributed by atoms with Gasteiger partial charge in [0.05, 0.1) is 5.41 Å². The van der Waals surface area contributed by atoms with Crippen molar-refractivity contribution in [1.82, 2.24) is 19.8 Å². The number of aromatic nitrogens is 2. The second-order valence-corrected chi connectivity index (χ2v) is 7.91. The van der Waals surface area contributed by atoms with Gasteiger partial charge in [0.15, 0.2) is 0 Å². The van der Waals surface area contributed by atoms with Crippen molar-refractivity contribution in [1.29, 1.82) is 0 Å². The van der Waals surface area contributed by atoms with Crippen molar-refractivity contribution >= 4 is 0 Å². The van der Waals surface area contributed by atoms with Crippen LogP contribution in [0.5, 0.6) is 0 Å². The quantitative estimate of drug-likeness (QED) is 0.848. The fourth-order valence-electron chi connectivity index (χ4n) is 4.14. The summed E-state index contributed by atoms with van der Waals surface area (Å²) in [4.78, 5) is 11.9. The van der Waals surface area contributed by atoms with Crippen molar-refractivity contribution in [2.45, 2.75) is 50.6 Å². The second-order valence-electron chi connectivity index (χ2n) is 7.91. The van der Waals surface area contributed by atoms with Crippen LogP contribution in [-0.4, -0.2) is 48.0 Å². The molecule has 0 amide bonds. The first kappa shape index (κ1) is 17.3. The molecule has 4 nitrogen and oxygen atoms in total. The highest BCUT2D eigenvalue weighted by Gasteiger charge is 2.38. The van der Waals surface area contributed by atoms with Gasteiger partial charge in [-0.15, -0.1) is 0 Å². The fraction of sp³-hybridized carbons (Fsp3) is 0.600. The molecule has 0 spiro atoms. The molecule has 1 aliphatic carbocycles. The van der Waals surface area contributed by atoms with Crippen LogP contribution in [0.3, 0.4) is 0 Å². The van der Waals surface area contributed by atoms with Crippen LogP contribution in [0.15, 0.2) is 24.3 Å². The van der Waals surface area contributed by atoms with Crippen LogP contribution in [0.4, 0.5) is 0 Å². The van der Waals surface area contributed by atoms with Gasteiger partial charge in [-0.25, -0.2) is 0 Å². The Kier molecular flexibility index (Phi) is 5.16. The summed E-state index contributed by atoms with van der Waals surface area (Å²) in [5.41, 5.74) is 5.52. The first-order valence-corrected chi connectivity index (χ1v) is 9.16. The molecule has 0 saturated heterocycles. The van der Waals surface area contributed by atoms with E-state index in [1.165, 1.54) is 54.9 Å². The van der Waals surface area contributed by atoms with Crippen molar-refractivity contribution in [3.63, 3.8) is 0 Å². The normalized spacial score (nSPS) is 17.8. The van der Waals surface area contributed by atoms with E-state index in [9.17, 15) is 0 Å². The first-order chi connectivity index (χ1) is 11.5. The van der Waals surface area contributed by atoms with Gasteiger partial charge in [0.1, 0.15) is 0 Å². The Balaban J connectivity index is 1.92. The highest BCUT2D eigenvalue weighted by Crippen LogP contribution is 2.44.